The second kappa shape index (κ2) is 7.97. The van der Waals surface area contributed by atoms with Crippen LogP contribution in [0.25, 0.3) is 11.2 Å². The lowest BCUT2D eigenvalue weighted by molar-refractivity contribution is -0.224. The molecule has 1 saturated carbocycles. The Labute approximate surface area is 202 Å². The van der Waals surface area contributed by atoms with Crippen LogP contribution in [-0.4, -0.2) is 48.8 Å². The summed E-state index contributed by atoms with van der Waals surface area (Å²) in [6.45, 7) is 6.09. The van der Waals surface area contributed by atoms with Crippen molar-refractivity contribution in [1.29, 1.82) is 0 Å². The maximum Gasteiger partial charge on any atom is 0.280 e. The molecule has 3 fully saturated rings. The summed E-state index contributed by atoms with van der Waals surface area (Å²) in [7, 11) is 0. The summed E-state index contributed by atoms with van der Waals surface area (Å²) < 4.78 is 21.6. The van der Waals surface area contributed by atoms with Gasteiger partial charge in [-0.2, -0.15) is 4.98 Å². The van der Waals surface area contributed by atoms with E-state index in [0.29, 0.717) is 12.3 Å². The number of hydrogen-bond acceptors (Lipinski definition) is 7. The molecule has 10 heteroatoms. The highest BCUT2D eigenvalue weighted by Gasteiger charge is 2.78. The van der Waals surface area contributed by atoms with E-state index in [1.54, 1.807) is 24.7 Å². The zero-order valence-corrected chi connectivity index (χ0v) is 20.0. The van der Waals surface area contributed by atoms with Crippen LogP contribution in [-0.2, 0) is 25.6 Å². The van der Waals surface area contributed by atoms with Crippen LogP contribution in [0.15, 0.2) is 41.5 Å². The molecule has 1 aliphatic carbocycles. The van der Waals surface area contributed by atoms with E-state index in [1.165, 1.54) is 0 Å². The molecule has 1 aromatic carbocycles. The molecule has 3 aliphatic rings. The second-order valence-corrected chi connectivity index (χ2v) is 9.93. The number of amides is 1. The molecule has 0 radical (unpaired) electrons. The van der Waals surface area contributed by atoms with Crippen LogP contribution in [0.3, 0.4) is 0 Å². The molecular weight excluding hydrogens is 450 g/mol. The van der Waals surface area contributed by atoms with E-state index < -0.39 is 17.4 Å². The normalized spacial score (nSPS) is 28.3. The highest BCUT2D eigenvalue weighted by molar-refractivity contribution is 5.91. The average Bonchev–Trinajstić information content (AvgIpc) is 3.27. The van der Waals surface area contributed by atoms with Crippen molar-refractivity contribution >= 4 is 23.0 Å². The minimum absolute atomic E-state index is 0.0766. The van der Waals surface area contributed by atoms with Crippen molar-refractivity contribution in [1.82, 2.24) is 19.5 Å². The summed E-state index contributed by atoms with van der Waals surface area (Å²) in [5.74, 6) is -0.425. The SMILES string of the molecule is CC[C@]12O[C@@H](n3cnc4c(=O)[nH]c(NC(=O)C(C)C)nc43)C(OC13CC3)[C@H]2OCc1ccccc1. The first-order valence-corrected chi connectivity index (χ1v) is 12.2. The number of carbonyl (C=O) groups excluding carboxylic acids is 1. The van der Waals surface area contributed by atoms with Gasteiger partial charge in [0.1, 0.15) is 23.4 Å². The predicted molar refractivity (Wildman–Crippen MR) is 127 cm³/mol. The van der Waals surface area contributed by atoms with Crippen molar-refractivity contribution in [2.45, 2.75) is 76.3 Å². The standard InChI is InChI=1S/C25H29N5O5/c1-4-25-18(33-12-15-8-6-5-7-9-15)17(34-24(25)10-11-24)22(35-25)30-13-26-16-19(30)27-23(29-21(16)32)28-20(31)14(2)3/h5-9,13-14,17-18,22H,4,10-12H2,1-3H3,(H2,27,28,29,31,32)/t17?,18-,22-,25-/m1/s1. The van der Waals surface area contributed by atoms with E-state index in [0.717, 1.165) is 24.8 Å². The fourth-order valence-corrected chi connectivity index (χ4v) is 5.51. The van der Waals surface area contributed by atoms with Gasteiger partial charge in [-0.15, -0.1) is 0 Å². The van der Waals surface area contributed by atoms with Gasteiger partial charge in [0, 0.05) is 5.92 Å². The van der Waals surface area contributed by atoms with Gasteiger partial charge in [-0.3, -0.25) is 24.5 Å². The van der Waals surface area contributed by atoms with E-state index in [-0.39, 0.29) is 41.1 Å². The molecule has 2 bridgehead atoms. The van der Waals surface area contributed by atoms with Crippen molar-refractivity contribution in [2.24, 2.45) is 5.92 Å². The molecular formula is C25H29N5O5. The van der Waals surface area contributed by atoms with Gasteiger partial charge in [0.2, 0.25) is 11.9 Å². The van der Waals surface area contributed by atoms with Crippen molar-refractivity contribution in [3.63, 3.8) is 0 Å². The Bertz CT molecular complexity index is 1330. The lowest BCUT2D eigenvalue weighted by Crippen LogP contribution is -2.49. The van der Waals surface area contributed by atoms with Gasteiger partial charge < -0.3 is 14.2 Å². The quantitative estimate of drug-likeness (QED) is 0.535. The zero-order valence-electron chi connectivity index (χ0n) is 20.0. The van der Waals surface area contributed by atoms with Crippen LogP contribution in [0.2, 0.25) is 0 Å². The Balaban J connectivity index is 1.35. The number of imidazole rings is 1. The Hall–Kier alpha value is -3.08. The minimum Gasteiger partial charge on any atom is -0.368 e. The first kappa shape index (κ1) is 22.4. The predicted octanol–water partition coefficient (Wildman–Crippen LogP) is 2.91. The highest BCUT2D eigenvalue weighted by Crippen LogP contribution is 2.66. The van der Waals surface area contributed by atoms with E-state index in [2.05, 4.69) is 27.2 Å². The Morgan fingerprint density at radius 2 is 2.06 bits per heavy atom. The Kier molecular flexibility index (Phi) is 5.10. The molecule has 1 amide bonds. The van der Waals surface area contributed by atoms with E-state index in [4.69, 9.17) is 14.2 Å². The summed E-state index contributed by atoms with van der Waals surface area (Å²) in [6.07, 6.45) is 2.93. The molecule has 6 rings (SSSR count). The minimum atomic E-state index is -0.594. The van der Waals surface area contributed by atoms with Crippen LogP contribution in [0, 0.1) is 5.92 Å². The van der Waals surface area contributed by atoms with Crippen molar-refractivity contribution in [2.75, 3.05) is 5.32 Å². The molecule has 10 nitrogen and oxygen atoms in total. The lowest BCUT2D eigenvalue weighted by Gasteiger charge is -2.38. The number of anilines is 1. The molecule has 1 unspecified atom stereocenters. The van der Waals surface area contributed by atoms with Crippen LogP contribution in [0.4, 0.5) is 5.95 Å². The molecule has 3 aromatic rings. The fourth-order valence-electron chi connectivity index (χ4n) is 5.51. The van der Waals surface area contributed by atoms with Crippen molar-refractivity contribution in [3.8, 4) is 0 Å². The molecule has 4 atom stereocenters. The van der Waals surface area contributed by atoms with Gasteiger partial charge in [0.25, 0.3) is 5.56 Å². The van der Waals surface area contributed by atoms with Crippen LogP contribution < -0.4 is 10.9 Å². The monoisotopic (exact) mass is 479 g/mol. The zero-order chi connectivity index (χ0) is 24.4. The van der Waals surface area contributed by atoms with Crippen molar-refractivity contribution < 1.29 is 19.0 Å². The number of hydrogen-bond donors (Lipinski definition) is 2. The molecule has 184 valence electrons. The number of carbonyl (C=O) groups is 1. The number of aromatic amines is 1. The van der Waals surface area contributed by atoms with Gasteiger partial charge in [0.15, 0.2) is 17.4 Å². The van der Waals surface area contributed by atoms with Gasteiger partial charge in [0.05, 0.1) is 12.9 Å². The lowest BCUT2D eigenvalue weighted by atomic mass is 9.87. The van der Waals surface area contributed by atoms with Gasteiger partial charge in [-0.25, -0.2) is 4.98 Å². The summed E-state index contributed by atoms with van der Waals surface area (Å²) in [5, 5.41) is 2.66. The summed E-state index contributed by atoms with van der Waals surface area (Å²) in [5.41, 5.74) is 0.223. The number of nitrogens with zero attached hydrogens (tertiary/aromatic N) is 3. The first-order chi connectivity index (χ1) is 16.9. The largest absolute Gasteiger partial charge is 0.368 e. The van der Waals surface area contributed by atoms with Gasteiger partial charge in [-0.1, -0.05) is 51.1 Å². The fraction of sp³-hybridized carbons (Fsp3) is 0.520. The Morgan fingerprint density at radius 1 is 1.29 bits per heavy atom. The number of H-pyrrole nitrogens is 1. The molecule has 1 spiro atoms. The van der Waals surface area contributed by atoms with E-state index in [9.17, 15) is 9.59 Å². The maximum atomic E-state index is 12.7. The van der Waals surface area contributed by atoms with E-state index >= 15 is 0 Å². The third-order valence-corrected chi connectivity index (χ3v) is 7.48. The van der Waals surface area contributed by atoms with Crippen molar-refractivity contribution in [3.05, 3.63) is 52.6 Å². The molecule has 2 N–H and O–H groups in total. The van der Waals surface area contributed by atoms with E-state index in [1.807, 2.05) is 30.3 Å². The number of fused-ring (bicyclic) bond motifs is 4. The molecule has 2 aliphatic heterocycles. The third-order valence-electron chi connectivity index (χ3n) is 7.48. The smallest absolute Gasteiger partial charge is 0.280 e. The molecule has 35 heavy (non-hydrogen) atoms. The number of nitrogens with one attached hydrogen (secondary N) is 2. The maximum absolute atomic E-state index is 12.7. The molecule has 2 saturated heterocycles. The van der Waals surface area contributed by atoms with Crippen LogP contribution in [0.1, 0.15) is 51.8 Å². The average molecular weight is 480 g/mol. The number of benzene rings is 1. The van der Waals surface area contributed by atoms with Gasteiger partial charge in [-0.05, 0) is 24.8 Å². The molecule has 2 aromatic heterocycles. The number of aromatic nitrogens is 4. The Morgan fingerprint density at radius 3 is 2.74 bits per heavy atom. The third kappa shape index (κ3) is 3.35. The number of ether oxygens (including phenoxy) is 3. The highest BCUT2D eigenvalue weighted by atomic mass is 16.7. The first-order valence-electron chi connectivity index (χ1n) is 12.2. The molecule has 4 heterocycles. The van der Waals surface area contributed by atoms with Crippen LogP contribution in [0.5, 0.6) is 0 Å². The second-order valence-electron chi connectivity index (χ2n) is 9.93. The summed E-state index contributed by atoms with van der Waals surface area (Å²) in [6, 6.07) is 10.0. The summed E-state index contributed by atoms with van der Waals surface area (Å²) >= 11 is 0. The topological polar surface area (TPSA) is 120 Å². The van der Waals surface area contributed by atoms with Gasteiger partial charge >= 0.3 is 0 Å². The van der Waals surface area contributed by atoms with Crippen LogP contribution >= 0.6 is 0 Å². The summed E-state index contributed by atoms with van der Waals surface area (Å²) in [4.78, 5) is 36.2. The number of rotatable bonds is 7.